The molecule has 1 amide bonds. The van der Waals surface area contributed by atoms with Gasteiger partial charge in [-0.1, -0.05) is 0 Å². The van der Waals surface area contributed by atoms with Crippen LogP contribution in [-0.2, 0) is 17.4 Å². The summed E-state index contributed by atoms with van der Waals surface area (Å²) in [4.78, 5) is 23.5. The fourth-order valence-corrected chi connectivity index (χ4v) is 2.36. The van der Waals surface area contributed by atoms with Crippen molar-refractivity contribution in [2.45, 2.75) is 9.58 Å². The second-order valence-electron chi connectivity index (χ2n) is 3.55. The van der Waals surface area contributed by atoms with Crippen molar-refractivity contribution >= 4 is 54.4 Å². The summed E-state index contributed by atoms with van der Waals surface area (Å²) in [6.07, 6.45) is 0. The number of carboxylic acid groups (broad SMARTS) is 1. The van der Waals surface area contributed by atoms with Crippen LogP contribution in [0.15, 0.2) is 24.3 Å². The van der Waals surface area contributed by atoms with E-state index in [4.69, 9.17) is 29.3 Å². The maximum atomic E-state index is 11.6. The first-order chi connectivity index (χ1) is 7.85. The number of carbonyl (C=O) groups is 2. The fourth-order valence-electron chi connectivity index (χ4n) is 1.54. The van der Waals surface area contributed by atoms with E-state index in [0.717, 1.165) is 0 Å². The third-order valence-corrected chi connectivity index (χ3v) is 4.12. The van der Waals surface area contributed by atoms with Crippen molar-refractivity contribution in [3.63, 3.8) is 0 Å². The van der Waals surface area contributed by atoms with Gasteiger partial charge in [0.1, 0.15) is 5.38 Å². The number of thiol groups is 1. The molecule has 1 heterocycles. The Hall–Kier alpha value is 0.150. The van der Waals surface area contributed by atoms with Crippen LogP contribution in [0.1, 0.15) is 10.4 Å². The molecule has 2 atom stereocenters. The quantitative estimate of drug-likeness (QED) is 0.229. The van der Waals surface area contributed by atoms with Gasteiger partial charge in [0.25, 0.3) is 0 Å². The summed E-state index contributed by atoms with van der Waals surface area (Å²) in [5, 5.41) is 7.90. The van der Waals surface area contributed by atoms with E-state index in [0.29, 0.717) is 5.69 Å². The smallest absolute Gasteiger partial charge is 0.751 e. The van der Waals surface area contributed by atoms with Gasteiger partial charge in [-0.05, 0) is 28.5 Å². The molecular weight excluding hydrogens is 305 g/mol. The molecule has 90 valence electrons. The summed E-state index contributed by atoms with van der Waals surface area (Å²) >= 11 is 15.0. The predicted molar refractivity (Wildman–Crippen MR) is 69.6 cm³/mol. The van der Waals surface area contributed by atoms with Gasteiger partial charge in [-0.2, -0.15) is 12.6 Å². The summed E-state index contributed by atoms with van der Waals surface area (Å²) < 4.78 is -1.16. The Morgan fingerprint density at radius 1 is 1.44 bits per heavy atom. The van der Waals surface area contributed by atoms with E-state index in [1.807, 2.05) is 0 Å². The minimum Gasteiger partial charge on any atom is -0.751 e. The van der Waals surface area contributed by atoms with Gasteiger partial charge in [0.2, 0.25) is 5.91 Å². The third-order valence-electron chi connectivity index (χ3n) is 2.46. The number of rotatable bonds is 2. The predicted octanol–water partition coefficient (Wildman–Crippen LogP) is -1.53. The van der Waals surface area contributed by atoms with E-state index in [9.17, 15) is 9.59 Å². The second kappa shape index (κ2) is 5.64. The monoisotopic (exact) mass is 311 g/mol. The summed E-state index contributed by atoms with van der Waals surface area (Å²) in [6.45, 7) is 0. The first-order valence-corrected chi connectivity index (χ1v) is 5.89. The number of benzene rings is 1. The van der Waals surface area contributed by atoms with E-state index in [1.54, 1.807) is 0 Å². The van der Waals surface area contributed by atoms with Gasteiger partial charge in [-0.15, -0.1) is 11.6 Å². The summed E-state index contributed by atoms with van der Waals surface area (Å²) in [5.74, 6) is -1.36. The Kier molecular flexibility index (Phi) is 5.08. The zero-order valence-electron chi connectivity index (χ0n) is 9.33. The largest absolute Gasteiger partial charge is 1.00 e. The third kappa shape index (κ3) is 2.55. The Balaban J connectivity index is 0.00000162. The van der Waals surface area contributed by atoms with Crippen LogP contribution < -0.4 is 34.5 Å². The van der Waals surface area contributed by atoms with Crippen molar-refractivity contribution in [3.8, 4) is 0 Å². The Bertz CT molecular complexity index is 494. The molecule has 1 aromatic carbocycles. The maximum absolute atomic E-state index is 11.6. The maximum Gasteiger partial charge on any atom is 1.00 e. The fraction of sp³-hybridized carbons (Fsp3) is 0.200. The number of halogens is 1. The van der Waals surface area contributed by atoms with Gasteiger partial charge in [0.15, 0.2) is 0 Å². The molecule has 0 radical (unpaired) electrons. The van der Waals surface area contributed by atoms with Gasteiger partial charge in [0.05, 0.1) is 5.56 Å². The van der Waals surface area contributed by atoms with Crippen LogP contribution in [-0.4, -0.2) is 26.6 Å². The molecular formula is C10H7ClNNaO3S2. The Morgan fingerprint density at radius 3 is 2.33 bits per heavy atom. The molecule has 8 heteroatoms. The first kappa shape index (κ1) is 16.2. The van der Waals surface area contributed by atoms with E-state index >= 15 is 0 Å². The molecule has 1 aliphatic heterocycles. The van der Waals surface area contributed by atoms with Crippen LogP contribution in [0.2, 0.25) is 0 Å². The number of alkyl halides is 1. The van der Waals surface area contributed by atoms with E-state index in [1.165, 1.54) is 29.2 Å². The first-order valence-electron chi connectivity index (χ1n) is 4.60. The minimum absolute atomic E-state index is 0. The molecule has 1 aliphatic rings. The standard InChI is InChI=1S/C10H8ClNO3S2.Na/c11-7-8(13)12(10(7,16)17)6-3-1-5(2-4-6)9(14)15;/h1-4,7,16-17H,(H,14,15);/q;+1/p-1. The molecule has 0 bridgehead atoms. The summed E-state index contributed by atoms with van der Waals surface area (Å²) in [7, 11) is 0. The zero-order valence-corrected chi connectivity index (χ0v) is 13.8. The molecule has 2 rings (SSSR count). The van der Waals surface area contributed by atoms with Crippen molar-refractivity contribution in [2.24, 2.45) is 0 Å². The Labute approximate surface area is 142 Å². The van der Waals surface area contributed by atoms with E-state index in [-0.39, 0.29) is 41.0 Å². The normalized spacial score (nSPS) is 26.3. The van der Waals surface area contributed by atoms with Crippen LogP contribution in [0.25, 0.3) is 0 Å². The van der Waals surface area contributed by atoms with Gasteiger partial charge < -0.3 is 22.6 Å². The van der Waals surface area contributed by atoms with Gasteiger partial charge in [0, 0.05) is 5.69 Å². The molecule has 4 nitrogen and oxygen atoms in total. The van der Waals surface area contributed by atoms with Gasteiger partial charge in [-0.25, -0.2) is 4.79 Å². The van der Waals surface area contributed by atoms with Gasteiger partial charge in [-0.3, -0.25) is 4.79 Å². The van der Waals surface area contributed by atoms with Crippen LogP contribution in [0, 0.1) is 0 Å². The van der Waals surface area contributed by atoms with Crippen molar-refractivity contribution in [1.82, 2.24) is 0 Å². The molecule has 0 aliphatic carbocycles. The van der Waals surface area contributed by atoms with Crippen molar-refractivity contribution in [3.05, 3.63) is 29.8 Å². The SMILES string of the molecule is O=C(O)c1ccc(N2C(=O)C(Cl)C2([S-])S)cc1.[Na+]. The molecule has 0 aromatic heterocycles. The van der Waals surface area contributed by atoms with E-state index < -0.39 is 15.5 Å². The van der Waals surface area contributed by atoms with Crippen molar-refractivity contribution in [2.75, 3.05) is 4.90 Å². The van der Waals surface area contributed by atoms with Gasteiger partial charge >= 0.3 is 35.5 Å². The molecule has 1 N–H and O–H groups in total. The number of carboxylic acids is 1. The number of hydrogen-bond acceptors (Lipinski definition) is 4. The summed E-state index contributed by atoms with van der Waals surface area (Å²) in [6, 6.07) is 5.79. The number of amides is 1. The van der Waals surface area contributed by atoms with E-state index in [2.05, 4.69) is 12.6 Å². The van der Waals surface area contributed by atoms with Crippen LogP contribution in [0.5, 0.6) is 0 Å². The van der Waals surface area contributed by atoms with Crippen LogP contribution in [0.3, 0.4) is 0 Å². The number of hydrogen-bond donors (Lipinski definition) is 2. The molecule has 2 unspecified atom stereocenters. The molecule has 0 spiro atoms. The molecule has 18 heavy (non-hydrogen) atoms. The second-order valence-corrected chi connectivity index (χ2v) is 5.59. The molecule has 0 saturated carbocycles. The average Bonchev–Trinajstić information content (AvgIpc) is 2.29. The number of nitrogens with zero attached hydrogens (tertiary/aromatic N) is 1. The molecule has 1 saturated heterocycles. The average molecular weight is 312 g/mol. The molecule has 1 fully saturated rings. The van der Waals surface area contributed by atoms with Crippen molar-refractivity contribution in [1.29, 1.82) is 0 Å². The minimum atomic E-state index is -1.16. The number of β-lactam (4-membered cyclic amide) rings is 1. The Morgan fingerprint density at radius 2 is 1.94 bits per heavy atom. The number of carbonyl (C=O) groups excluding carboxylic acids is 1. The topological polar surface area (TPSA) is 57.6 Å². The number of anilines is 1. The zero-order chi connectivity index (χ0) is 12.8. The van der Waals surface area contributed by atoms with Crippen LogP contribution in [0.4, 0.5) is 5.69 Å². The number of aromatic carboxylic acids is 1. The molecule has 1 aromatic rings. The van der Waals surface area contributed by atoms with Crippen molar-refractivity contribution < 1.29 is 44.3 Å². The van der Waals surface area contributed by atoms with Crippen LogP contribution >= 0.6 is 24.2 Å². The summed E-state index contributed by atoms with van der Waals surface area (Å²) in [5.41, 5.74) is 0.625.